The number of ether oxygens (including phenoxy) is 2. The number of ketones is 1. The van der Waals surface area contributed by atoms with E-state index in [2.05, 4.69) is 0 Å². The fourth-order valence-corrected chi connectivity index (χ4v) is 1.66. The molecule has 92 valence electrons. The lowest BCUT2D eigenvalue weighted by Crippen LogP contribution is -2.09. The Bertz CT molecular complexity index is 412. The van der Waals surface area contributed by atoms with Gasteiger partial charge in [0.05, 0.1) is 14.2 Å². The minimum Gasteiger partial charge on any atom is -0.496 e. The van der Waals surface area contributed by atoms with Crippen LogP contribution in [0.2, 0.25) is 0 Å². The molecule has 0 heterocycles. The molecule has 0 amide bonds. The highest BCUT2D eigenvalue weighted by atomic mass is 16.5. The smallest absolute Gasteiger partial charge is 0.150 e. The van der Waals surface area contributed by atoms with Crippen molar-refractivity contribution in [2.75, 3.05) is 14.2 Å². The van der Waals surface area contributed by atoms with E-state index in [0.717, 1.165) is 0 Å². The Labute approximate surface area is 101 Å². The average molecular weight is 236 g/mol. The number of hydrogen-bond donors (Lipinski definition) is 0. The normalized spacial score (nSPS) is 11.8. The summed E-state index contributed by atoms with van der Waals surface area (Å²) < 4.78 is 10.4. The molecule has 0 radical (unpaired) electrons. The van der Waals surface area contributed by atoms with Gasteiger partial charge in [0, 0.05) is 17.0 Å². The molecule has 4 nitrogen and oxygen atoms in total. The summed E-state index contributed by atoms with van der Waals surface area (Å²) >= 11 is 0. The molecule has 0 aliphatic rings. The standard InChI is InChI=1S/C13H16O4/c1-8(9(2)15)13-11(16-3)5-10(7-14)6-12(13)17-4/h5-8H,1-4H3. The Balaban J connectivity index is 3.44. The molecule has 0 aromatic heterocycles. The van der Waals surface area contributed by atoms with Crippen LogP contribution in [0.15, 0.2) is 12.1 Å². The van der Waals surface area contributed by atoms with E-state index in [4.69, 9.17) is 9.47 Å². The third-order valence-electron chi connectivity index (χ3n) is 2.75. The summed E-state index contributed by atoms with van der Waals surface area (Å²) in [7, 11) is 3.00. The quantitative estimate of drug-likeness (QED) is 0.735. The lowest BCUT2D eigenvalue weighted by molar-refractivity contribution is -0.118. The summed E-state index contributed by atoms with van der Waals surface area (Å²) in [6.07, 6.45) is 0.716. The van der Waals surface area contributed by atoms with Crippen LogP contribution in [-0.2, 0) is 4.79 Å². The molecule has 0 saturated carbocycles. The molecule has 1 unspecified atom stereocenters. The van der Waals surface area contributed by atoms with Gasteiger partial charge in [0.1, 0.15) is 23.6 Å². The SMILES string of the molecule is COc1cc(C=O)cc(OC)c1C(C)C(C)=O. The van der Waals surface area contributed by atoms with Gasteiger partial charge in [-0.05, 0) is 19.1 Å². The van der Waals surface area contributed by atoms with Crippen LogP contribution in [0.4, 0.5) is 0 Å². The molecule has 4 heteroatoms. The summed E-state index contributed by atoms with van der Waals surface area (Å²) in [5.41, 5.74) is 1.13. The van der Waals surface area contributed by atoms with Crippen molar-refractivity contribution in [3.63, 3.8) is 0 Å². The van der Waals surface area contributed by atoms with Crippen LogP contribution >= 0.6 is 0 Å². The van der Waals surface area contributed by atoms with Gasteiger partial charge in [0.25, 0.3) is 0 Å². The number of rotatable bonds is 5. The molecule has 0 aliphatic heterocycles. The monoisotopic (exact) mass is 236 g/mol. The van der Waals surface area contributed by atoms with E-state index in [1.807, 2.05) is 0 Å². The van der Waals surface area contributed by atoms with Gasteiger partial charge < -0.3 is 9.47 Å². The van der Waals surface area contributed by atoms with Gasteiger partial charge in [-0.15, -0.1) is 0 Å². The maximum absolute atomic E-state index is 11.5. The van der Waals surface area contributed by atoms with Crippen molar-refractivity contribution in [1.29, 1.82) is 0 Å². The molecule has 1 rings (SSSR count). The van der Waals surface area contributed by atoms with Crippen molar-refractivity contribution in [2.24, 2.45) is 0 Å². The van der Waals surface area contributed by atoms with Crippen LogP contribution in [-0.4, -0.2) is 26.3 Å². The number of hydrogen-bond acceptors (Lipinski definition) is 4. The van der Waals surface area contributed by atoms with Crippen LogP contribution in [0, 0.1) is 0 Å². The first-order valence-corrected chi connectivity index (χ1v) is 5.26. The zero-order valence-corrected chi connectivity index (χ0v) is 10.4. The van der Waals surface area contributed by atoms with Crippen molar-refractivity contribution < 1.29 is 19.1 Å². The van der Waals surface area contributed by atoms with Crippen molar-refractivity contribution in [1.82, 2.24) is 0 Å². The lowest BCUT2D eigenvalue weighted by atomic mass is 9.94. The first-order chi connectivity index (χ1) is 8.04. The molecule has 1 aromatic carbocycles. The average Bonchev–Trinajstić information content (AvgIpc) is 2.35. The fourth-order valence-electron chi connectivity index (χ4n) is 1.66. The minimum absolute atomic E-state index is 0.0143. The maximum atomic E-state index is 11.5. The molecule has 1 aromatic rings. The largest absolute Gasteiger partial charge is 0.496 e. The van der Waals surface area contributed by atoms with Gasteiger partial charge in [0.2, 0.25) is 0 Å². The van der Waals surface area contributed by atoms with Crippen molar-refractivity contribution in [3.05, 3.63) is 23.3 Å². The zero-order valence-electron chi connectivity index (χ0n) is 10.4. The Morgan fingerprint density at radius 3 is 2.00 bits per heavy atom. The van der Waals surface area contributed by atoms with E-state index >= 15 is 0 Å². The molecule has 0 bridgehead atoms. The third kappa shape index (κ3) is 2.64. The molecule has 0 N–H and O–H groups in total. The number of benzene rings is 1. The highest BCUT2D eigenvalue weighted by Gasteiger charge is 2.21. The van der Waals surface area contributed by atoms with Gasteiger partial charge in [-0.3, -0.25) is 9.59 Å². The summed E-state index contributed by atoms with van der Waals surface area (Å²) in [6.45, 7) is 3.29. The fraction of sp³-hybridized carbons (Fsp3) is 0.385. The van der Waals surface area contributed by atoms with Crippen LogP contribution in [0.3, 0.4) is 0 Å². The second-order valence-electron chi connectivity index (χ2n) is 3.79. The van der Waals surface area contributed by atoms with Gasteiger partial charge in [-0.25, -0.2) is 0 Å². The number of methoxy groups -OCH3 is 2. The van der Waals surface area contributed by atoms with E-state index in [1.165, 1.54) is 21.1 Å². The number of Topliss-reactive ketones (excluding diaryl/α,β-unsaturated/α-hetero) is 1. The highest BCUT2D eigenvalue weighted by molar-refractivity contribution is 5.86. The first kappa shape index (κ1) is 13.2. The molecule has 1 atom stereocenters. The predicted molar refractivity (Wildman–Crippen MR) is 64.0 cm³/mol. The van der Waals surface area contributed by atoms with Gasteiger partial charge in [-0.1, -0.05) is 6.92 Å². The van der Waals surface area contributed by atoms with Crippen LogP contribution < -0.4 is 9.47 Å². The summed E-state index contributed by atoms with van der Waals surface area (Å²) in [6, 6.07) is 3.20. The van der Waals surface area contributed by atoms with E-state index < -0.39 is 0 Å². The second kappa shape index (κ2) is 5.48. The topological polar surface area (TPSA) is 52.6 Å². The Morgan fingerprint density at radius 1 is 1.24 bits per heavy atom. The van der Waals surface area contributed by atoms with Crippen molar-refractivity contribution in [2.45, 2.75) is 19.8 Å². The molecule has 0 saturated heterocycles. The van der Waals surface area contributed by atoms with Gasteiger partial charge in [0.15, 0.2) is 0 Å². The number of aldehydes is 1. The van der Waals surface area contributed by atoms with E-state index in [9.17, 15) is 9.59 Å². The molecule has 0 fully saturated rings. The van der Waals surface area contributed by atoms with E-state index in [-0.39, 0.29) is 11.7 Å². The van der Waals surface area contributed by atoms with E-state index in [1.54, 1.807) is 19.1 Å². The Kier molecular flexibility index (Phi) is 4.26. The van der Waals surface area contributed by atoms with Gasteiger partial charge >= 0.3 is 0 Å². The minimum atomic E-state index is -0.333. The molecule has 0 spiro atoms. The lowest BCUT2D eigenvalue weighted by Gasteiger charge is -2.17. The zero-order chi connectivity index (χ0) is 13.0. The maximum Gasteiger partial charge on any atom is 0.150 e. The summed E-state index contributed by atoms with van der Waals surface area (Å²) in [4.78, 5) is 22.2. The summed E-state index contributed by atoms with van der Waals surface area (Å²) in [5.74, 6) is 0.671. The second-order valence-corrected chi connectivity index (χ2v) is 3.79. The number of carbonyl (C=O) groups is 2. The van der Waals surface area contributed by atoms with Gasteiger partial charge in [-0.2, -0.15) is 0 Å². The first-order valence-electron chi connectivity index (χ1n) is 5.26. The Hall–Kier alpha value is -1.84. The highest BCUT2D eigenvalue weighted by Crippen LogP contribution is 2.36. The van der Waals surface area contributed by atoms with E-state index in [0.29, 0.717) is 28.9 Å². The predicted octanol–water partition coefficient (Wildman–Crippen LogP) is 2.21. The number of carbonyl (C=O) groups excluding carboxylic acids is 2. The molecular formula is C13H16O4. The third-order valence-corrected chi connectivity index (χ3v) is 2.75. The Morgan fingerprint density at radius 2 is 1.71 bits per heavy atom. The van der Waals surface area contributed by atoms with Crippen molar-refractivity contribution in [3.8, 4) is 11.5 Å². The van der Waals surface area contributed by atoms with Crippen molar-refractivity contribution >= 4 is 12.1 Å². The van der Waals surface area contributed by atoms with Crippen LogP contribution in [0.5, 0.6) is 11.5 Å². The molecule has 17 heavy (non-hydrogen) atoms. The summed E-state index contributed by atoms with van der Waals surface area (Å²) in [5, 5.41) is 0. The molecular weight excluding hydrogens is 220 g/mol. The molecule has 0 aliphatic carbocycles. The van der Waals surface area contributed by atoms with Crippen LogP contribution in [0.1, 0.15) is 35.7 Å². The van der Waals surface area contributed by atoms with Crippen LogP contribution in [0.25, 0.3) is 0 Å².